The van der Waals surface area contributed by atoms with Crippen LogP contribution in [-0.4, -0.2) is 72.4 Å². The normalized spacial score (nSPS) is 13.9. The molecule has 0 aromatic rings. The third-order valence-electron chi connectivity index (χ3n) is 4.88. The molecule has 0 rings (SSSR count). The maximum absolute atomic E-state index is 6.04. The Labute approximate surface area is 179 Å². The Kier molecular flexibility index (Phi) is 22.3. The van der Waals surface area contributed by atoms with Crippen molar-refractivity contribution in [2.45, 2.75) is 73.0 Å². The smallest absolute Gasteiger partial charge is 0.160 e. The monoisotopic (exact) mass is 420 g/mol. The number of hydrogen-bond donors (Lipinski definition) is 0. The van der Waals surface area contributed by atoms with E-state index in [0.29, 0.717) is 58.8 Å². The first-order chi connectivity index (χ1) is 14.2. The Morgan fingerprint density at radius 1 is 0.621 bits per heavy atom. The van der Waals surface area contributed by atoms with Gasteiger partial charge in [0, 0.05) is 19.1 Å². The van der Waals surface area contributed by atoms with Gasteiger partial charge in [-0.2, -0.15) is 0 Å². The van der Waals surface area contributed by atoms with Gasteiger partial charge in [0.2, 0.25) is 0 Å². The summed E-state index contributed by atoms with van der Waals surface area (Å²) in [6, 6.07) is 0. The fraction of sp³-hybridized carbons (Fsp3) is 1.00. The average molecular weight is 421 g/mol. The minimum atomic E-state index is -0.225. The van der Waals surface area contributed by atoms with Crippen LogP contribution in [0.4, 0.5) is 0 Å². The summed E-state index contributed by atoms with van der Waals surface area (Å²) in [7, 11) is 0. The summed E-state index contributed by atoms with van der Waals surface area (Å²) >= 11 is 0. The van der Waals surface area contributed by atoms with Crippen molar-refractivity contribution in [2.24, 2.45) is 11.8 Å². The summed E-state index contributed by atoms with van der Waals surface area (Å²) < 4.78 is 33.7. The Balaban J connectivity index is 4.26. The maximum atomic E-state index is 6.04. The van der Waals surface area contributed by atoms with E-state index in [1.165, 1.54) is 25.7 Å². The van der Waals surface area contributed by atoms with Gasteiger partial charge in [0.25, 0.3) is 0 Å². The van der Waals surface area contributed by atoms with Crippen LogP contribution in [-0.2, 0) is 28.4 Å². The summed E-state index contributed by atoms with van der Waals surface area (Å²) in [6.07, 6.45) is 5.93. The molecule has 6 heteroatoms. The van der Waals surface area contributed by atoms with E-state index >= 15 is 0 Å². The minimum absolute atomic E-state index is 0.225. The second-order valence-corrected chi connectivity index (χ2v) is 7.36. The van der Waals surface area contributed by atoms with E-state index < -0.39 is 0 Å². The van der Waals surface area contributed by atoms with Crippen LogP contribution in [0.3, 0.4) is 0 Å². The second kappa shape index (κ2) is 22.4. The van der Waals surface area contributed by atoms with Gasteiger partial charge in [-0.25, -0.2) is 0 Å². The molecule has 6 nitrogen and oxygen atoms in total. The van der Waals surface area contributed by atoms with E-state index in [2.05, 4.69) is 20.8 Å². The van der Waals surface area contributed by atoms with Crippen molar-refractivity contribution in [3.63, 3.8) is 0 Å². The molecule has 0 saturated carbocycles. The molecule has 0 N–H and O–H groups in total. The molecule has 2 atom stereocenters. The number of ether oxygens (including phenoxy) is 6. The first-order valence-corrected chi connectivity index (χ1v) is 11.7. The van der Waals surface area contributed by atoms with E-state index in [4.69, 9.17) is 28.4 Å². The lowest BCUT2D eigenvalue weighted by atomic mass is 9.89. The highest BCUT2D eigenvalue weighted by molar-refractivity contribution is 4.66. The molecule has 0 saturated heterocycles. The van der Waals surface area contributed by atoms with Crippen molar-refractivity contribution >= 4 is 0 Å². The van der Waals surface area contributed by atoms with Crippen molar-refractivity contribution in [3.8, 4) is 0 Å². The molecule has 0 aliphatic rings. The molecule has 0 aliphatic heterocycles. The molecule has 0 amide bonds. The minimum Gasteiger partial charge on any atom is -0.379 e. The van der Waals surface area contributed by atoms with Crippen LogP contribution in [0.2, 0.25) is 0 Å². The van der Waals surface area contributed by atoms with E-state index in [9.17, 15) is 0 Å². The highest BCUT2D eigenvalue weighted by atomic mass is 16.7. The molecule has 0 fully saturated rings. The lowest BCUT2D eigenvalue weighted by Gasteiger charge is -2.27. The predicted octanol–water partition coefficient (Wildman–Crippen LogP) is 4.69. The van der Waals surface area contributed by atoms with Crippen molar-refractivity contribution in [1.29, 1.82) is 0 Å². The lowest BCUT2D eigenvalue weighted by molar-refractivity contribution is -0.185. The third-order valence-corrected chi connectivity index (χ3v) is 4.88. The van der Waals surface area contributed by atoms with Gasteiger partial charge in [0.05, 0.1) is 52.9 Å². The van der Waals surface area contributed by atoms with Crippen molar-refractivity contribution in [3.05, 3.63) is 0 Å². The Hall–Kier alpha value is -0.240. The molecule has 176 valence electrons. The van der Waals surface area contributed by atoms with Crippen molar-refractivity contribution < 1.29 is 28.4 Å². The average Bonchev–Trinajstić information content (AvgIpc) is 2.73. The molecule has 0 radical (unpaired) electrons. The van der Waals surface area contributed by atoms with Crippen LogP contribution in [0, 0.1) is 11.8 Å². The summed E-state index contributed by atoms with van der Waals surface area (Å²) in [5.74, 6) is 1.06. The summed E-state index contributed by atoms with van der Waals surface area (Å²) in [6.45, 7) is 16.8. The van der Waals surface area contributed by atoms with Crippen LogP contribution in [0.15, 0.2) is 0 Å². The maximum Gasteiger partial charge on any atom is 0.160 e. The zero-order valence-corrected chi connectivity index (χ0v) is 19.8. The van der Waals surface area contributed by atoms with Gasteiger partial charge in [-0.1, -0.05) is 46.5 Å². The van der Waals surface area contributed by atoms with Gasteiger partial charge in [-0.3, -0.25) is 0 Å². The summed E-state index contributed by atoms with van der Waals surface area (Å²) in [5.41, 5.74) is 0. The van der Waals surface area contributed by atoms with Crippen molar-refractivity contribution in [2.75, 3.05) is 66.1 Å². The summed E-state index contributed by atoms with van der Waals surface area (Å²) in [4.78, 5) is 0. The van der Waals surface area contributed by atoms with Gasteiger partial charge in [0.15, 0.2) is 6.29 Å². The van der Waals surface area contributed by atoms with Crippen LogP contribution in [0.1, 0.15) is 66.7 Å². The molecule has 29 heavy (non-hydrogen) atoms. The fourth-order valence-corrected chi connectivity index (χ4v) is 3.17. The SMILES string of the molecule is CCCCC(CC)CC(C)C(OCCOCCOCC)OCCOCCOCC. The van der Waals surface area contributed by atoms with Gasteiger partial charge < -0.3 is 28.4 Å². The van der Waals surface area contributed by atoms with Crippen molar-refractivity contribution in [1.82, 2.24) is 0 Å². The molecule has 0 heterocycles. The Morgan fingerprint density at radius 2 is 1.10 bits per heavy atom. The van der Waals surface area contributed by atoms with Gasteiger partial charge in [0.1, 0.15) is 0 Å². The quantitative estimate of drug-likeness (QED) is 0.176. The van der Waals surface area contributed by atoms with Crippen LogP contribution in [0.5, 0.6) is 0 Å². The second-order valence-electron chi connectivity index (χ2n) is 7.36. The Morgan fingerprint density at radius 3 is 1.55 bits per heavy atom. The molecule has 0 bridgehead atoms. The number of unbranched alkanes of at least 4 members (excludes halogenated alkanes) is 1. The molecule has 0 aromatic carbocycles. The highest BCUT2D eigenvalue weighted by Gasteiger charge is 2.22. The van der Waals surface area contributed by atoms with Crippen LogP contribution in [0.25, 0.3) is 0 Å². The largest absolute Gasteiger partial charge is 0.379 e. The predicted molar refractivity (Wildman–Crippen MR) is 117 cm³/mol. The van der Waals surface area contributed by atoms with Gasteiger partial charge >= 0.3 is 0 Å². The Bertz CT molecular complexity index is 298. The first-order valence-electron chi connectivity index (χ1n) is 11.7. The molecule has 0 aliphatic carbocycles. The van der Waals surface area contributed by atoms with Crippen LogP contribution >= 0.6 is 0 Å². The fourth-order valence-electron chi connectivity index (χ4n) is 3.17. The first kappa shape index (κ1) is 28.8. The lowest BCUT2D eigenvalue weighted by Crippen LogP contribution is -2.30. The number of rotatable bonds is 23. The van der Waals surface area contributed by atoms with E-state index in [1.807, 2.05) is 13.8 Å². The summed E-state index contributed by atoms with van der Waals surface area (Å²) in [5, 5.41) is 0. The van der Waals surface area contributed by atoms with Gasteiger partial charge in [-0.05, 0) is 26.2 Å². The highest BCUT2D eigenvalue weighted by Crippen LogP contribution is 2.25. The topological polar surface area (TPSA) is 55.4 Å². The molecule has 0 aromatic heterocycles. The molecular weight excluding hydrogens is 372 g/mol. The van der Waals surface area contributed by atoms with E-state index in [-0.39, 0.29) is 6.29 Å². The molecular formula is C23H48O6. The standard InChI is InChI=1S/C23H48O6/c1-6-10-11-22(7-2)20-21(5)23(28-18-16-26-14-12-24-8-3)29-19-17-27-15-13-25-9-4/h21-23H,6-20H2,1-5H3. The van der Waals surface area contributed by atoms with Crippen LogP contribution < -0.4 is 0 Å². The zero-order valence-electron chi connectivity index (χ0n) is 19.8. The van der Waals surface area contributed by atoms with E-state index in [1.54, 1.807) is 0 Å². The number of hydrogen-bond acceptors (Lipinski definition) is 6. The zero-order chi connectivity index (χ0) is 21.6. The third kappa shape index (κ3) is 18.3. The van der Waals surface area contributed by atoms with Gasteiger partial charge in [-0.15, -0.1) is 0 Å². The molecule has 0 spiro atoms. The van der Waals surface area contributed by atoms with E-state index in [0.717, 1.165) is 25.6 Å². The molecule has 2 unspecified atom stereocenters.